The van der Waals surface area contributed by atoms with E-state index in [1.54, 1.807) is 7.11 Å². The predicted octanol–water partition coefficient (Wildman–Crippen LogP) is 4.47. The molecule has 1 amide bonds. The van der Waals surface area contributed by atoms with Gasteiger partial charge in [-0.15, -0.1) is 10.2 Å². The van der Waals surface area contributed by atoms with Crippen molar-refractivity contribution in [1.82, 2.24) is 10.2 Å². The Balaban J connectivity index is 1.46. The Morgan fingerprint density at radius 2 is 1.75 bits per heavy atom. The van der Waals surface area contributed by atoms with Crippen LogP contribution in [-0.4, -0.2) is 56.1 Å². The van der Waals surface area contributed by atoms with Crippen molar-refractivity contribution < 1.29 is 19.0 Å². The van der Waals surface area contributed by atoms with Crippen LogP contribution < -0.4 is 19.7 Å². The molecule has 1 aliphatic heterocycles. The van der Waals surface area contributed by atoms with Gasteiger partial charge in [0, 0.05) is 29.4 Å². The molecule has 1 N–H and O–H groups in total. The third-order valence-electron chi connectivity index (χ3n) is 6.13. The Hall–Kier alpha value is -4.17. The van der Waals surface area contributed by atoms with Gasteiger partial charge in [-0.1, -0.05) is 42.0 Å². The molecule has 1 fully saturated rings. The lowest BCUT2D eigenvalue weighted by Crippen LogP contribution is -2.37. The fraction of sp³-hybridized carbons (Fsp3) is 0.250. The highest BCUT2D eigenvalue weighted by Crippen LogP contribution is 2.35. The molecule has 0 saturated carbocycles. The standard InChI is InChI=1S/C28H28N4O4/c1-19-7-10-21(11-8-19)36-18-26(33)29-24-17-20(9-12-25(24)32-13-15-35-16-14-32)27-22-5-3-4-6-23(22)28(34-2)31-30-27/h3-12,17H,13-16,18H2,1-2H3,(H,29,33). The zero-order valence-electron chi connectivity index (χ0n) is 20.4. The van der Waals surface area contributed by atoms with Gasteiger partial charge in [-0.3, -0.25) is 4.79 Å². The first-order chi connectivity index (χ1) is 17.6. The van der Waals surface area contributed by atoms with Crippen LogP contribution in [0, 0.1) is 6.92 Å². The number of carbonyl (C=O) groups excluding carboxylic acids is 1. The maximum atomic E-state index is 12.9. The van der Waals surface area contributed by atoms with Crippen LogP contribution in [0.25, 0.3) is 22.0 Å². The van der Waals surface area contributed by atoms with Gasteiger partial charge in [0.05, 0.1) is 31.7 Å². The Bertz CT molecular complexity index is 1370. The van der Waals surface area contributed by atoms with Gasteiger partial charge in [-0.05, 0) is 37.3 Å². The minimum Gasteiger partial charge on any atom is -0.484 e. The molecule has 8 heteroatoms. The number of nitrogens with one attached hydrogen (secondary N) is 1. The second kappa shape index (κ2) is 10.6. The lowest BCUT2D eigenvalue weighted by Gasteiger charge is -2.30. The van der Waals surface area contributed by atoms with Gasteiger partial charge in [-0.2, -0.15) is 0 Å². The highest BCUT2D eigenvalue weighted by atomic mass is 16.5. The quantitative estimate of drug-likeness (QED) is 0.414. The molecule has 5 rings (SSSR count). The number of aryl methyl sites for hydroxylation is 1. The van der Waals surface area contributed by atoms with Crippen LogP contribution in [0.1, 0.15) is 5.56 Å². The Morgan fingerprint density at radius 3 is 2.50 bits per heavy atom. The Morgan fingerprint density at radius 1 is 1.00 bits per heavy atom. The van der Waals surface area contributed by atoms with Gasteiger partial charge in [-0.25, -0.2) is 0 Å². The topological polar surface area (TPSA) is 85.8 Å². The second-order valence-corrected chi connectivity index (χ2v) is 8.58. The molecule has 184 valence electrons. The van der Waals surface area contributed by atoms with Crippen LogP contribution in [0.2, 0.25) is 0 Å². The summed E-state index contributed by atoms with van der Waals surface area (Å²) in [4.78, 5) is 15.1. The van der Waals surface area contributed by atoms with E-state index in [2.05, 4.69) is 20.4 Å². The molecule has 8 nitrogen and oxygen atoms in total. The Labute approximate surface area is 209 Å². The first kappa shape index (κ1) is 23.6. The number of anilines is 2. The largest absolute Gasteiger partial charge is 0.484 e. The number of hydrogen-bond acceptors (Lipinski definition) is 7. The van der Waals surface area contributed by atoms with E-state index in [0.717, 1.165) is 40.7 Å². The van der Waals surface area contributed by atoms with Crippen molar-refractivity contribution in [2.24, 2.45) is 0 Å². The van der Waals surface area contributed by atoms with E-state index in [-0.39, 0.29) is 12.5 Å². The molecular weight excluding hydrogens is 456 g/mol. The summed E-state index contributed by atoms with van der Waals surface area (Å²) in [6.45, 7) is 4.68. The van der Waals surface area contributed by atoms with Crippen molar-refractivity contribution >= 4 is 28.1 Å². The SMILES string of the molecule is COc1nnc(-c2ccc(N3CCOCC3)c(NC(=O)COc3ccc(C)cc3)c2)c2ccccc12. The third kappa shape index (κ3) is 5.08. The smallest absolute Gasteiger partial charge is 0.262 e. The van der Waals surface area contributed by atoms with Crippen molar-refractivity contribution in [2.45, 2.75) is 6.92 Å². The molecule has 3 aromatic carbocycles. The summed E-state index contributed by atoms with van der Waals surface area (Å²) in [6, 6.07) is 21.4. The van der Waals surface area contributed by atoms with E-state index < -0.39 is 0 Å². The average Bonchev–Trinajstić information content (AvgIpc) is 2.92. The third-order valence-corrected chi connectivity index (χ3v) is 6.13. The molecule has 0 spiro atoms. The van der Waals surface area contributed by atoms with Crippen molar-refractivity contribution in [3.8, 4) is 22.9 Å². The molecule has 1 aliphatic rings. The number of ether oxygens (including phenoxy) is 3. The fourth-order valence-corrected chi connectivity index (χ4v) is 4.28. The zero-order chi connectivity index (χ0) is 24.9. The van der Waals surface area contributed by atoms with Crippen molar-refractivity contribution in [3.05, 3.63) is 72.3 Å². The van der Waals surface area contributed by atoms with E-state index in [1.165, 1.54) is 0 Å². The summed E-state index contributed by atoms with van der Waals surface area (Å²) < 4.78 is 16.6. The van der Waals surface area contributed by atoms with E-state index in [9.17, 15) is 4.79 Å². The number of benzene rings is 3. The monoisotopic (exact) mass is 484 g/mol. The summed E-state index contributed by atoms with van der Waals surface area (Å²) in [5.74, 6) is 0.881. The predicted molar refractivity (Wildman–Crippen MR) is 140 cm³/mol. The van der Waals surface area contributed by atoms with Gasteiger partial charge >= 0.3 is 0 Å². The van der Waals surface area contributed by atoms with Crippen LogP contribution in [-0.2, 0) is 9.53 Å². The van der Waals surface area contributed by atoms with Gasteiger partial charge < -0.3 is 24.4 Å². The number of methoxy groups -OCH3 is 1. The second-order valence-electron chi connectivity index (χ2n) is 8.58. The number of nitrogens with zero attached hydrogens (tertiary/aromatic N) is 3. The molecule has 1 aromatic heterocycles. The van der Waals surface area contributed by atoms with Crippen LogP contribution in [0.15, 0.2) is 66.7 Å². The molecule has 36 heavy (non-hydrogen) atoms. The van der Waals surface area contributed by atoms with Crippen molar-refractivity contribution in [1.29, 1.82) is 0 Å². The summed E-state index contributed by atoms with van der Waals surface area (Å²) >= 11 is 0. The van der Waals surface area contributed by atoms with Gasteiger partial charge in [0.25, 0.3) is 5.91 Å². The Kier molecular flexibility index (Phi) is 6.95. The number of fused-ring (bicyclic) bond motifs is 1. The molecule has 2 heterocycles. The molecule has 4 aromatic rings. The van der Waals surface area contributed by atoms with Gasteiger partial charge in [0.1, 0.15) is 11.4 Å². The maximum absolute atomic E-state index is 12.9. The summed E-state index contributed by atoms with van der Waals surface area (Å²) in [5.41, 5.74) is 4.30. The maximum Gasteiger partial charge on any atom is 0.262 e. The minimum atomic E-state index is -0.243. The van der Waals surface area contributed by atoms with Crippen LogP contribution in [0.3, 0.4) is 0 Å². The molecule has 1 saturated heterocycles. The summed E-state index contributed by atoms with van der Waals surface area (Å²) in [5, 5.41) is 13.6. The summed E-state index contributed by atoms with van der Waals surface area (Å²) in [6.07, 6.45) is 0. The van der Waals surface area contributed by atoms with E-state index >= 15 is 0 Å². The number of carbonyl (C=O) groups is 1. The zero-order valence-corrected chi connectivity index (χ0v) is 20.4. The first-order valence-corrected chi connectivity index (χ1v) is 11.9. The molecule has 0 aliphatic carbocycles. The van der Waals surface area contributed by atoms with Crippen molar-refractivity contribution in [2.75, 3.05) is 50.2 Å². The molecule has 0 atom stereocenters. The van der Waals surface area contributed by atoms with E-state index in [0.29, 0.717) is 36.2 Å². The van der Waals surface area contributed by atoms with Crippen LogP contribution in [0.4, 0.5) is 11.4 Å². The highest BCUT2D eigenvalue weighted by Gasteiger charge is 2.19. The average molecular weight is 485 g/mol. The molecule has 0 unspecified atom stereocenters. The van der Waals surface area contributed by atoms with Gasteiger partial charge in [0.2, 0.25) is 5.88 Å². The lowest BCUT2D eigenvalue weighted by atomic mass is 10.0. The normalized spacial score (nSPS) is 13.4. The number of hydrogen-bond donors (Lipinski definition) is 1. The lowest BCUT2D eigenvalue weighted by molar-refractivity contribution is -0.118. The van der Waals surface area contributed by atoms with E-state index in [4.69, 9.17) is 14.2 Å². The first-order valence-electron chi connectivity index (χ1n) is 11.9. The molecular formula is C28H28N4O4. The molecule has 0 radical (unpaired) electrons. The van der Waals surface area contributed by atoms with Gasteiger partial charge in [0.15, 0.2) is 6.61 Å². The highest BCUT2D eigenvalue weighted by molar-refractivity contribution is 6.00. The van der Waals surface area contributed by atoms with E-state index in [1.807, 2.05) is 73.7 Å². The number of aromatic nitrogens is 2. The van der Waals surface area contributed by atoms with Crippen molar-refractivity contribution in [3.63, 3.8) is 0 Å². The number of amides is 1. The van der Waals surface area contributed by atoms with Crippen LogP contribution in [0.5, 0.6) is 11.6 Å². The summed E-state index contributed by atoms with van der Waals surface area (Å²) in [7, 11) is 1.58. The number of rotatable bonds is 7. The molecule has 0 bridgehead atoms. The fourth-order valence-electron chi connectivity index (χ4n) is 4.28. The minimum absolute atomic E-state index is 0.0961. The number of morpholine rings is 1. The van der Waals surface area contributed by atoms with Crippen LogP contribution >= 0.6 is 0 Å².